The fraction of sp³-hybridized carbons (Fsp3) is 0.370. The van der Waals surface area contributed by atoms with E-state index < -0.39 is 58.1 Å². The number of nitrogens with zero attached hydrogens (tertiary/aromatic N) is 3. The first kappa shape index (κ1) is 30.4. The fourth-order valence-electron chi connectivity index (χ4n) is 4.54. The van der Waals surface area contributed by atoms with Crippen LogP contribution in [0.3, 0.4) is 0 Å². The highest BCUT2D eigenvalue weighted by molar-refractivity contribution is 7.99. The summed E-state index contributed by atoms with van der Waals surface area (Å²) < 4.78 is 92.3. The average molecular weight is 601 g/mol. The molecular weight excluding hydrogens is 574 g/mol. The summed E-state index contributed by atoms with van der Waals surface area (Å²) in [6, 6.07) is 7.72. The van der Waals surface area contributed by atoms with Gasteiger partial charge < -0.3 is 19.5 Å². The number of carbonyl (C=O) groups excluding carboxylic acids is 2. The molecule has 2 aromatic carbocycles. The molecule has 1 fully saturated rings. The lowest BCUT2D eigenvalue weighted by molar-refractivity contribution is -0.164. The quantitative estimate of drug-likeness (QED) is 0.342. The minimum atomic E-state index is -5.34. The molecule has 41 heavy (non-hydrogen) atoms. The summed E-state index contributed by atoms with van der Waals surface area (Å²) in [5, 5.41) is 2.58. The van der Waals surface area contributed by atoms with Crippen LogP contribution in [-0.4, -0.2) is 52.6 Å². The Kier molecular flexibility index (Phi) is 9.02. The molecule has 4 rings (SSSR count). The Labute approximate surface area is 235 Å². The predicted octanol–water partition coefficient (Wildman–Crippen LogP) is 5.90. The largest absolute Gasteiger partial charge is 0.418 e. The van der Waals surface area contributed by atoms with Crippen molar-refractivity contribution in [2.45, 2.75) is 35.5 Å². The number of aryl methyl sites for hydroxylation is 1. The number of carbonyl (C=O) groups is 2. The van der Waals surface area contributed by atoms with Crippen LogP contribution >= 0.6 is 11.8 Å². The molecule has 14 heteroatoms. The molecule has 1 aliphatic rings. The lowest BCUT2D eigenvalue weighted by atomic mass is 9.92. The van der Waals surface area contributed by atoms with Crippen LogP contribution in [0.5, 0.6) is 0 Å². The van der Waals surface area contributed by atoms with Crippen molar-refractivity contribution in [1.29, 1.82) is 0 Å². The van der Waals surface area contributed by atoms with E-state index >= 15 is 0 Å². The second kappa shape index (κ2) is 12.1. The first-order chi connectivity index (χ1) is 19.3. The number of alkyl halides is 6. The number of nitrogens with one attached hydrogen (secondary N) is 1. The van der Waals surface area contributed by atoms with Crippen molar-refractivity contribution in [2.24, 2.45) is 13.0 Å². The molecule has 3 aromatic rings. The van der Waals surface area contributed by atoms with Gasteiger partial charge in [-0.15, -0.1) is 0 Å². The van der Waals surface area contributed by atoms with E-state index in [0.29, 0.717) is 11.8 Å². The predicted molar refractivity (Wildman–Crippen MR) is 138 cm³/mol. The van der Waals surface area contributed by atoms with Crippen LogP contribution < -0.4 is 5.32 Å². The number of benzene rings is 2. The first-order valence-corrected chi connectivity index (χ1v) is 13.3. The van der Waals surface area contributed by atoms with Crippen molar-refractivity contribution in [3.8, 4) is 0 Å². The van der Waals surface area contributed by atoms with Crippen molar-refractivity contribution in [2.75, 3.05) is 31.6 Å². The number of hydrogen-bond donors (Lipinski definition) is 1. The molecule has 1 aromatic heterocycles. The zero-order chi connectivity index (χ0) is 29.9. The van der Waals surface area contributed by atoms with Gasteiger partial charge in [0, 0.05) is 53.9 Å². The van der Waals surface area contributed by atoms with Gasteiger partial charge in [0.2, 0.25) is 5.91 Å². The molecule has 0 aliphatic carbocycles. The summed E-state index contributed by atoms with van der Waals surface area (Å²) in [6.07, 6.45) is -8.23. The molecule has 1 aliphatic heterocycles. The lowest BCUT2D eigenvalue weighted by Crippen LogP contribution is -2.43. The van der Waals surface area contributed by atoms with Gasteiger partial charge in [0.25, 0.3) is 5.91 Å². The third-order valence-corrected chi connectivity index (χ3v) is 7.48. The van der Waals surface area contributed by atoms with Crippen LogP contribution in [0.1, 0.15) is 34.2 Å². The number of morpholine rings is 1. The Morgan fingerprint density at radius 1 is 1.05 bits per heavy atom. The van der Waals surface area contributed by atoms with E-state index in [4.69, 9.17) is 4.74 Å². The number of anilines is 1. The Morgan fingerprint density at radius 2 is 1.73 bits per heavy atom. The number of imidazole rings is 1. The summed E-state index contributed by atoms with van der Waals surface area (Å²) in [7, 11) is 1.61. The van der Waals surface area contributed by atoms with Crippen LogP contribution in [0, 0.1) is 5.92 Å². The number of rotatable bonds is 7. The van der Waals surface area contributed by atoms with Crippen LogP contribution in [-0.2, 0) is 35.4 Å². The van der Waals surface area contributed by atoms with Crippen LogP contribution in [0.2, 0.25) is 0 Å². The van der Waals surface area contributed by atoms with Gasteiger partial charge in [0.15, 0.2) is 5.82 Å². The van der Waals surface area contributed by atoms with Gasteiger partial charge in [-0.2, -0.15) is 26.3 Å². The molecule has 0 spiro atoms. The highest BCUT2D eigenvalue weighted by Gasteiger charge is 2.47. The van der Waals surface area contributed by atoms with Gasteiger partial charge in [-0.1, -0.05) is 30.8 Å². The zero-order valence-corrected chi connectivity index (χ0v) is 22.8. The molecule has 0 saturated carbocycles. The SMILES string of the molecule is CC(Cc1ccc(Sc2cccc(NC(=O)c3nccn3C)c2)c(C(F)(F)F)c1C(F)(F)F)C(=O)N1CCOCC1. The van der Waals surface area contributed by atoms with Crippen molar-refractivity contribution in [3.05, 3.63) is 71.3 Å². The number of hydrogen-bond acceptors (Lipinski definition) is 5. The van der Waals surface area contributed by atoms with E-state index in [0.717, 1.165) is 12.1 Å². The van der Waals surface area contributed by atoms with Crippen molar-refractivity contribution in [3.63, 3.8) is 0 Å². The maximum absolute atomic E-state index is 14.3. The minimum Gasteiger partial charge on any atom is -0.378 e. The standard InChI is InChI=1S/C27H26F6N4O3S/c1-16(25(39)37-10-12-40-13-11-37)14-17-6-7-20(22(27(31,32)33)21(17)26(28,29)30)41-19-5-3-4-18(15-19)35-24(38)23-34-8-9-36(23)2/h3-9,15-16H,10-14H2,1-2H3,(H,35,38). The molecule has 1 unspecified atom stereocenters. The molecule has 2 amide bonds. The molecule has 220 valence electrons. The maximum atomic E-state index is 14.3. The third-order valence-electron chi connectivity index (χ3n) is 6.43. The molecule has 1 atom stereocenters. The summed E-state index contributed by atoms with van der Waals surface area (Å²) in [5.74, 6) is -1.90. The number of aromatic nitrogens is 2. The van der Waals surface area contributed by atoms with Gasteiger partial charge >= 0.3 is 12.4 Å². The smallest absolute Gasteiger partial charge is 0.378 e. The molecule has 1 saturated heterocycles. The van der Waals surface area contributed by atoms with Crippen molar-refractivity contribution >= 4 is 29.3 Å². The Balaban J connectivity index is 1.65. The van der Waals surface area contributed by atoms with Gasteiger partial charge in [-0.05, 0) is 36.2 Å². The number of amides is 2. The molecule has 0 bridgehead atoms. The zero-order valence-electron chi connectivity index (χ0n) is 22.0. The van der Waals surface area contributed by atoms with E-state index in [1.54, 1.807) is 13.2 Å². The molecular formula is C27H26F6N4O3S. The van der Waals surface area contributed by atoms with Gasteiger partial charge in [0.1, 0.15) is 0 Å². The first-order valence-electron chi connectivity index (χ1n) is 12.5. The van der Waals surface area contributed by atoms with E-state index in [1.165, 1.54) is 46.9 Å². The number of ether oxygens (including phenoxy) is 1. The Bertz CT molecular complexity index is 1420. The van der Waals surface area contributed by atoms with Gasteiger partial charge in [-0.3, -0.25) is 9.59 Å². The average Bonchev–Trinajstić information content (AvgIpc) is 3.34. The topological polar surface area (TPSA) is 76.5 Å². The fourth-order valence-corrected chi connectivity index (χ4v) is 5.58. The van der Waals surface area contributed by atoms with Crippen LogP contribution in [0.25, 0.3) is 0 Å². The summed E-state index contributed by atoms with van der Waals surface area (Å²) in [6.45, 7) is 2.49. The van der Waals surface area contributed by atoms with E-state index in [-0.39, 0.29) is 42.7 Å². The van der Waals surface area contributed by atoms with Gasteiger partial charge in [0.05, 0.1) is 24.3 Å². The molecule has 0 radical (unpaired) electrons. The normalized spacial score (nSPS) is 15.1. The number of halogens is 6. The minimum absolute atomic E-state index is 0.0918. The van der Waals surface area contributed by atoms with Crippen molar-refractivity contribution < 1.29 is 40.7 Å². The van der Waals surface area contributed by atoms with Crippen LogP contribution in [0.4, 0.5) is 32.0 Å². The monoisotopic (exact) mass is 600 g/mol. The Hall–Kier alpha value is -3.52. The van der Waals surface area contributed by atoms with E-state index in [1.807, 2.05) is 0 Å². The summed E-state index contributed by atoms with van der Waals surface area (Å²) in [5.41, 5.74) is -4.02. The van der Waals surface area contributed by atoms with Crippen molar-refractivity contribution in [1.82, 2.24) is 14.5 Å². The molecule has 2 heterocycles. The summed E-state index contributed by atoms with van der Waals surface area (Å²) >= 11 is 0.489. The summed E-state index contributed by atoms with van der Waals surface area (Å²) in [4.78, 5) is 30.1. The van der Waals surface area contributed by atoms with E-state index in [9.17, 15) is 35.9 Å². The second-order valence-corrected chi connectivity index (χ2v) is 10.6. The maximum Gasteiger partial charge on any atom is 0.418 e. The highest BCUT2D eigenvalue weighted by Crippen LogP contribution is 2.48. The molecule has 7 nitrogen and oxygen atoms in total. The van der Waals surface area contributed by atoms with Crippen LogP contribution in [0.15, 0.2) is 58.6 Å². The Morgan fingerprint density at radius 3 is 2.34 bits per heavy atom. The highest BCUT2D eigenvalue weighted by atomic mass is 32.2. The third kappa shape index (κ3) is 7.22. The lowest BCUT2D eigenvalue weighted by Gasteiger charge is -2.30. The van der Waals surface area contributed by atoms with E-state index in [2.05, 4.69) is 10.3 Å². The molecule has 1 N–H and O–H groups in total. The van der Waals surface area contributed by atoms with Gasteiger partial charge in [-0.25, -0.2) is 4.98 Å². The second-order valence-electron chi connectivity index (χ2n) is 9.46.